The Kier molecular flexibility index (Phi) is 6.06. The average Bonchev–Trinajstić information content (AvgIpc) is 2.81. The molecule has 0 spiro atoms. The predicted octanol–water partition coefficient (Wildman–Crippen LogP) is 4.20. The van der Waals surface area contributed by atoms with Crippen molar-refractivity contribution < 1.29 is 19.1 Å². The number of morpholine rings is 1. The van der Waals surface area contributed by atoms with Crippen LogP contribution in [0.4, 0.5) is 5.69 Å². The van der Waals surface area contributed by atoms with E-state index in [0.29, 0.717) is 48.9 Å². The van der Waals surface area contributed by atoms with Gasteiger partial charge in [-0.1, -0.05) is 30.3 Å². The Balaban J connectivity index is 1.45. The van der Waals surface area contributed by atoms with E-state index in [-0.39, 0.29) is 11.8 Å². The minimum Gasteiger partial charge on any atom is -0.457 e. The lowest BCUT2D eigenvalue weighted by atomic mass is 10.1. The molecule has 0 saturated carbocycles. The van der Waals surface area contributed by atoms with Crippen molar-refractivity contribution in [1.29, 1.82) is 0 Å². The van der Waals surface area contributed by atoms with E-state index < -0.39 is 0 Å². The maximum absolute atomic E-state index is 12.9. The highest BCUT2D eigenvalue weighted by molar-refractivity contribution is 6.09. The Morgan fingerprint density at radius 1 is 0.800 bits per heavy atom. The molecule has 4 rings (SSSR count). The van der Waals surface area contributed by atoms with Crippen molar-refractivity contribution in [2.45, 2.75) is 0 Å². The highest BCUT2D eigenvalue weighted by Gasteiger charge is 2.21. The maximum Gasteiger partial charge on any atom is 0.256 e. The van der Waals surface area contributed by atoms with Gasteiger partial charge in [-0.15, -0.1) is 0 Å². The number of para-hydroxylation sites is 2. The van der Waals surface area contributed by atoms with Crippen LogP contribution in [0, 0.1) is 0 Å². The lowest BCUT2D eigenvalue weighted by molar-refractivity contribution is 0.0303. The van der Waals surface area contributed by atoms with Gasteiger partial charge in [0.25, 0.3) is 11.8 Å². The van der Waals surface area contributed by atoms with Gasteiger partial charge in [0.2, 0.25) is 0 Å². The van der Waals surface area contributed by atoms with E-state index in [2.05, 4.69) is 5.32 Å². The highest BCUT2D eigenvalue weighted by atomic mass is 16.5. The smallest absolute Gasteiger partial charge is 0.256 e. The van der Waals surface area contributed by atoms with Crippen LogP contribution in [0.1, 0.15) is 20.7 Å². The van der Waals surface area contributed by atoms with Crippen LogP contribution in [0.3, 0.4) is 0 Å². The summed E-state index contributed by atoms with van der Waals surface area (Å²) in [6.45, 7) is 2.14. The summed E-state index contributed by atoms with van der Waals surface area (Å²) in [5.41, 5.74) is 1.43. The number of carbonyl (C=O) groups is 2. The summed E-state index contributed by atoms with van der Waals surface area (Å²) in [6.07, 6.45) is 0. The lowest BCUT2D eigenvalue weighted by Gasteiger charge is -2.27. The fraction of sp³-hybridized carbons (Fsp3) is 0.167. The summed E-state index contributed by atoms with van der Waals surface area (Å²) < 4.78 is 11.1. The molecule has 1 aliphatic rings. The van der Waals surface area contributed by atoms with Gasteiger partial charge in [0.05, 0.1) is 24.5 Å². The second-order valence-corrected chi connectivity index (χ2v) is 6.84. The first-order valence-corrected chi connectivity index (χ1v) is 9.81. The second-order valence-electron chi connectivity index (χ2n) is 6.84. The Labute approximate surface area is 175 Å². The molecule has 30 heavy (non-hydrogen) atoms. The summed E-state index contributed by atoms with van der Waals surface area (Å²) in [7, 11) is 0. The van der Waals surface area contributed by atoms with Gasteiger partial charge < -0.3 is 19.7 Å². The molecule has 1 fully saturated rings. The van der Waals surface area contributed by atoms with Crippen molar-refractivity contribution >= 4 is 17.5 Å². The topological polar surface area (TPSA) is 67.9 Å². The van der Waals surface area contributed by atoms with E-state index in [1.54, 1.807) is 53.4 Å². The van der Waals surface area contributed by atoms with Crippen molar-refractivity contribution in [2.75, 3.05) is 31.6 Å². The summed E-state index contributed by atoms with van der Waals surface area (Å²) in [4.78, 5) is 27.3. The average molecular weight is 402 g/mol. The van der Waals surface area contributed by atoms with Crippen molar-refractivity contribution in [3.8, 4) is 11.5 Å². The normalized spacial score (nSPS) is 13.5. The quantitative estimate of drug-likeness (QED) is 0.694. The second kappa shape index (κ2) is 9.24. The van der Waals surface area contributed by atoms with Gasteiger partial charge in [-0.05, 0) is 48.5 Å². The zero-order valence-electron chi connectivity index (χ0n) is 16.4. The number of carbonyl (C=O) groups excluding carboxylic acids is 2. The minimum atomic E-state index is -0.288. The molecule has 2 amide bonds. The van der Waals surface area contributed by atoms with E-state index in [4.69, 9.17) is 9.47 Å². The first kappa shape index (κ1) is 19.7. The molecule has 1 heterocycles. The molecule has 0 aromatic heterocycles. The molecule has 0 aliphatic carbocycles. The van der Waals surface area contributed by atoms with E-state index in [9.17, 15) is 9.59 Å². The number of ether oxygens (including phenoxy) is 2. The molecule has 152 valence electrons. The van der Waals surface area contributed by atoms with E-state index in [0.717, 1.165) is 5.75 Å². The number of anilines is 1. The van der Waals surface area contributed by atoms with Crippen molar-refractivity contribution in [2.24, 2.45) is 0 Å². The molecule has 0 radical (unpaired) electrons. The third-order valence-electron chi connectivity index (χ3n) is 4.80. The van der Waals surface area contributed by atoms with Crippen LogP contribution < -0.4 is 10.1 Å². The molecule has 6 heteroatoms. The van der Waals surface area contributed by atoms with E-state index in [1.165, 1.54) is 0 Å². The van der Waals surface area contributed by atoms with Crippen LogP contribution in [0.5, 0.6) is 11.5 Å². The van der Waals surface area contributed by atoms with Crippen molar-refractivity contribution in [3.05, 3.63) is 90.0 Å². The van der Waals surface area contributed by atoms with Gasteiger partial charge in [0.15, 0.2) is 0 Å². The summed E-state index contributed by atoms with van der Waals surface area (Å²) >= 11 is 0. The largest absolute Gasteiger partial charge is 0.457 e. The molecular weight excluding hydrogens is 380 g/mol. The lowest BCUT2D eigenvalue weighted by Crippen LogP contribution is -2.41. The maximum atomic E-state index is 12.9. The van der Waals surface area contributed by atoms with Gasteiger partial charge in [0.1, 0.15) is 11.5 Å². The summed E-state index contributed by atoms with van der Waals surface area (Å²) in [5.74, 6) is 0.968. The van der Waals surface area contributed by atoms with Crippen LogP contribution >= 0.6 is 0 Å². The molecule has 1 aliphatic heterocycles. The predicted molar refractivity (Wildman–Crippen MR) is 114 cm³/mol. The molecule has 6 nitrogen and oxygen atoms in total. The zero-order valence-corrected chi connectivity index (χ0v) is 16.4. The SMILES string of the molecule is O=C(Nc1ccccc1C(=O)N1CCOCC1)c1ccc(Oc2ccccc2)cc1. The van der Waals surface area contributed by atoms with Crippen molar-refractivity contribution in [1.82, 2.24) is 4.90 Å². The first-order chi connectivity index (χ1) is 14.7. The molecule has 0 unspecified atom stereocenters. The van der Waals surface area contributed by atoms with Gasteiger partial charge in [-0.25, -0.2) is 0 Å². The Hall–Kier alpha value is -3.64. The Bertz CT molecular complexity index is 1010. The number of nitrogens with zero attached hydrogens (tertiary/aromatic N) is 1. The van der Waals surface area contributed by atoms with E-state index in [1.807, 2.05) is 30.3 Å². The van der Waals surface area contributed by atoms with Crippen LogP contribution in [0.2, 0.25) is 0 Å². The highest BCUT2D eigenvalue weighted by Crippen LogP contribution is 2.23. The summed E-state index contributed by atoms with van der Waals surface area (Å²) in [6, 6.07) is 23.4. The molecular formula is C24H22N2O4. The number of hydrogen-bond acceptors (Lipinski definition) is 4. The molecule has 1 saturated heterocycles. The zero-order chi connectivity index (χ0) is 20.8. The van der Waals surface area contributed by atoms with Gasteiger partial charge in [-0.3, -0.25) is 9.59 Å². The molecule has 0 atom stereocenters. The Morgan fingerprint density at radius 2 is 1.43 bits per heavy atom. The molecule has 3 aromatic carbocycles. The van der Waals surface area contributed by atoms with Crippen LogP contribution in [0.25, 0.3) is 0 Å². The molecule has 0 bridgehead atoms. The number of rotatable bonds is 5. The monoisotopic (exact) mass is 402 g/mol. The number of hydrogen-bond donors (Lipinski definition) is 1. The number of benzene rings is 3. The Morgan fingerprint density at radius 3 is 2.17 bits per heavy atom. The summed E-state index contributed by atoms with van der Waals surface area (Å²) in [5, 5.41) is 2.86. The van der Waals surface area contributed by atoms with Gasteiger partial charge >= 0.3 is 0 Å². The fourth-order valence-corrected chi connectivity index (χ4v) is 3.21. The molecule has 3 aromatic rings. The molecule has 1 N–H and O–H groups in total. The van der Waals surface area contributed by atoms with E-state index >= 15 is 0 Å². The standard InChI is InChI=1S/C24H22N2O4/c27-23(18-10-12-20(13-11-18)30-19-6-2-1-3-7-19)25-22-9-5-4-8-21(22)24(28)26-14-16-29-17-15-26/h1-13H,14-17H2,(H,25,27). The third kappa shape index (κ3) is 4.67. The van der Waals surface area contributed by atoms with Crippen molar-refractivity contribution in [3.63, 3.8) is 0 Å². The first-order valence-electron chi connectivity index (χ1n) is 9.81. The number of nitrogens with one attached hydrogen (secondary N) is 1. The minimum absolute atomic E-state index is 0.110. The third-order valence-corrected chi connectivity index (χ3v) is 4.80. The van der Waals surface area contributed by atoms with Crippen LogP contribution in [-0.4, -0.2) is 43.0 Å². The van der Waals surface area contributed by atoms with Gasteiger partial charge in [0, 0.05) is 18.7 Å². The van der Waals surface area contributed by atoms with Crippen LogP contribution in [0.15, 0.2) is 78.9 Å². The number of amides is 2. The van der Waals surface area contributed by atoms with Gasteiger partial charge in [-0.2, -0.15) is 0 Å². The van der Waals surface area contributed by atoms with Crippen LogP contribution in [-0.2, 0) is 4.74 Å². The fourth-order valence-electron chi connectivity index (χ4n) is 3.21.